The first kappa shape index (κ1) is 9.26. The summed E-state index contributed by atoms with van der Waals surface area (Å²) >= 11 is 0. The van der Waals surface area contributed by atoms with Crippen molar-refractivity contribution in [2.75, 3.05) is 11.1 Å². The molecule has 0 aliphatic carbocycles. The van der Waals surface area contributed by atoms with Gasteiger partial charge in [-0.25, -0.2) is 4.98 Å². The zero-order chi connectivity index (χ0) is 10.7. The highest BCUT2D eigenvalue weighted by molar-refractivity contribution is 6.02. The summed E-state index contributed by atoms with van der Waals surface area (Å²) in [6, 6.07) is 9.04. The summed E-state index contributed by atoms with van der Waals surface area (Å²) in [7, 11) is 0. The normalized spacial score (nSPS) is 9.87. The Balaban J connectivity index is 2.11. The van der Waals surface area contributed by atoms with Gasteiger partial charge in [-0.1, -0.05) is 18.2 Å². The Labute approximate surface area is 85.9 Å². The SMILES string of the molecule is Nc1ncc(C(=O)Nc2ccccc2)o1. The third-order valence-electron chi connectivity index (χ3n) is 1.78. The van der Waals surface area contributed by atoms with E-state index in [9.17, 15) is 4.79 Å². The van der Waals surface area contributed by atoms with E-state index in [1.807, 2.05) is 18.2 Å². The second kappa shape index (κ2) is 3.83. The molecule has 0 bridgehead atoms. The van der Waals surface area contributed by atoms with Gasteiger partial charge in [0.25, 0.3) is 11.9 Å². The van der Waals surface area contributed by atoms with Gasteiger partial charge < -0.3 is 15.5 Å². The van der Waals surface area contributed by atoms with Crippen molar-refractivity contribution in [3.05, 3.63) is 42.3 Å². The molecular formula is C10H9N3O2. The number of carbonyl (C=O) groups is 1. The number of amides is 1. The van der Waals surface area contributed by atoms with Gasteiger partial charge in [0.05, 0.1) is 6.20 Å². The number of anilines is 2. The molecule has 5 heteroatoms. The lowest BCUT2D eigenvalue weighted by molar-refractivity contribution is 0.0997. The van der Waals surface area contributed by atoms with Crippen LogP contribution in [0.3, 0.4) is 0 Å². The lowest BCUT2D eigenvalue weighted by Gasteiger charge is -2.00. The molecule has 0 radical (unpaired) electrons. The van der Waals surface area contributed by atoms with Gasteiger partial charge in [-0.15, -0.1) is 0 Å². The summed E-state index contributed by atoms with van der Waals surface area (Å²) in [5.74, 6) is -0.276. The van der Waals surface area contributed by atoms with Crippen LogP contribution in [0.1, 0.15) is 10.6 Å². The second-order valence-electron chi connectivity index (χ2n) is 2.88. The number of hydrogen-bond acceptors (Lipinski definition) is 4. The van der Waals surface area contributed by atoms with Gasteiger partial charge in [-0.2, -0.15) is 0 Å². The molecule has 0 saturated carbocycles. The summed E-state index contributed by atoms with van der Waals surface area (Å²) in [6.07, 6.45) is 1.29. The molecule has 0 aliphatic rings. The molecule has 5 nitrogen and oxygen atoms in total. The van der Waals surface area contributed by atoms with E-state index in [0.717, 1.165) is 0 Å². The van der Waals surface area contributed by atoms with E-state index < -0.39 is 0 Å². The number of nitrogens with two attached hydrogens (primary N) is 1. The first-order chi connectivity index (χ1) is 7.25. The number of nitrogens with one attached hydrogen (secondary N) is 1. The molecule has 1 aromatic heterocycles. The van der Waals surface area contributed by atoms with E-state index in [-0.39, 0.29) is 17.7 Å². The monoisotopic (exact) mass is 203 g/mol. The van der Waals surface area contributed by atoms with Gasteiger partial charge in [-0.05, 0) is 12.1 Å². The van der Waals surface area contributed by atoms with Crippen molar-refractivity contribution in [2.24, 2.45) is 0 Å². The minimum absolute atomic E-state index is 0.0202. The number of benzene rings is 1. The number of rotatable bonds is 2. The standard InChI is InChI=1S/C10H9N3O2/c11-10-12-6-8(15-10)9(14)13-7-4-2-1-3-5-7/h1-6H,(H2,11,12)(H,13,14). The molecule has 1 aromatic carbocycles. The molecule has 0 saturated heterocycles. The zero-order valence-electron chi connectivity index (χ0n) is 7.81. The predicted octanol–water partition coefficient (Wildman–Crippen LogP) is 1.51. The van der Waals surface area contributed by atoms with Crippen LogP contribution in [0, 0.1) is 0 Å². The smallest absolute Gasteiger partial charge is 0.293 e. The van der Waals surface area contributed by atoms with E-state index in [1.54, 1.807) is 12.1 Å². The lowest BCUT2D eigenvalue weighted by atomic mass is 10.3. The van der Waals surface area contributed by atoms with Crippen molar-refractivity contribution >= 4 is 17.6 Å². The van der Waals surface area contributed by atoms with E-state index >= 15 is 0 Å². The van der Waals surface area contributed by atoms with Crippen LogP contribution in [0.5, 0.6) is 0 Å². The quantitative estimate of drug-likeness (QED) is 0.775. The number of aromatic nitrogens is 1. The van der Waals surface area contributed by atoms with Gasteiger partial charge in [0.2, 0.25) is 5.76 Å². The Hall–Kier alpha value is -2.30. The Morgan fingerprint density at radius 2 is 2.07 bits per heavy atom. The number of oxazole rings is 1. The largest absolute Gasteiger partial charge is 0.418 e. The Morgan fingerprint density at radius 1 is 1.33 bits per heavy atom. The fourth-order valence-electron chi connectivity index (χ4n) is 1.11. The second-order valence-corrected chi connectivity index (χ2v) is 2.88. The summed E-state index contributed by atoms with van der Waals surface area (Å²) in [5.41, 5.74) is 5.94. The van der Waals surface area contributed by atoms with Crippen molar-refractivity contribution in [2.45, 2.75) is 0 Å². The van der Waals surface area contributed by atoms with Crippen LogP contribution in [0.15, 0.2) is 40.9 Å². The third-order valence-corrected chi connectivity index (χ3v) is 1.78. The van der Waals surface area contributed by atoms with Crippen molar-refractivity contribution in [3.63, 3.8) is 0 Å². The minimum Gasteiger partial charge on any atom is -0.418 e. The molecule has 15 heavy (non-hydrogen) atoms. The Kier molecular flexibility index (Phi) is 2.37. The van der Waals surface area contributed by atoms with E-state index in [2.05, 4.69) is 10.3 Å². The fourth-order valence-corrected chi connectivity index (χ4v) is 1.11. The summed E-state index contributed by atoms with van der Waals surface area (Å²) in [4.78, 5) is 15.2. The van der Waals surface area contributed by atoms with Gasteiger partial charge in [-0.3, -0.25) is 4.79 Å². The highest BCUT2D eigenvalue weighted by Crippen LogP contribution is 2.10. The van der Waals surface area contributed by atoms with Crippen LogP contribution >= 0.6 is 0 Å². The van der Waals surface area contributed by atoms with Crippen molar-refractivity contribution in [3.8, 4) is 0 Å². The fraction of sp³-hybridized carbons (Fsp3) is 0. The van der Waals surface area contributed by atoms with E-state index in [0.29, 0.717) is 5.69 Å². The summed E-state index contributed by atoms with van der Waals surface area (Å²) in [6.45, 7) is 0. The highest BCUT2D eigenvalue weighted by Gasteiger charge is 2.10. The molecule has 2 rings (SSSR count). The molecule has 0 aliphatic heterocycles. The van der Waals surface area contributed by atoms with Gasteiger partial charge in [0.1, 0.15) is 0 Å². The van der Waals surface area contributed by atoms with Crippen LogP contribution in [-0.4, -0.2) is 10.9 Å². The number of carbonyl (C=O) groups excluding carboxylic acids is 1. The predicted molar refractivity (Wildman–Crippen MR) is 55.3 cm³/mol. The maximum absolute atomic E-state index is 11.5. The van der Waals surface area contributed by atoms with Crippen molar-refractivity contribution in [1.29, 1.82) is 0 Å². The van der Waals surface area contributed by atoms with E-state index in [1.165, 1.54) is 6.20 Å². The summed E-state index contributed by atoms with van der Waals surface area (Å²) in [5, 5.41) is 2.64. The molecular weight excluding hydrogens is 194 g/mol. The van der Waals surface area contributed by atoms with Crippen LogP contribution in [0.2, 0.25) is 0 Å². The average molecular weight is 203 g/mol. The molecule has 2 aromatic rings. The van der Waals surface area contributed by atoms with Crippen molar-refractivity contribution < 1.29 is 9.21 Å². The maximum atomic E-state index is 11.5. The van der Waals surface area contributed by atoms with Gasteiger partial charge in [0, 0.05) is 5.69 Å². The molecule has 3 N–H and O–H groups in total. The molecule has 76 valence electrons. The van der Waals surface area contributed by atoms with Crippen LogP contribution in [-0.2, 0) is 0 Å². The lowest BCUT2D eigenvalue weighted by Crippen LogP contribution is -2.10. The van der Waals surface area contributed by atoms with Gasteiger partial charge in [0.15, 0.2) is 0 Å². The third kappa shape index (κ3) is 2.14. The number of nitrogens with zero attached hydrogens (tertiary/aromatic N) is 1. The molecule has 1 amide bonds. The van der Waals surface area contributed by atoms with E-state index in [4.69, 9.17) is 10.2 Å². The van der Waals surface area contributed by atoms with Crippen LogP contribution in [0.25, 0.3) is 0 Å². The highest BCUT2D eigenvalue weighted by atomic mass is 16.4. The zero-order valence-corrected chi connectivity index (χ0v) is 7.81. The molecule has 1 heterocycles. The number of hydrogen-bond donors (Lipinski definition) is 2. The first-order valence-electron chi connectivity index (χ1n) is 4.33. The first-order valence-corrected chi connectivity index (χ1v) is 4.33. The molecule has 0 spiro atoms. The Morgan fingerprint density at radius 3 is 2.67 bits per heavy atom. The number of para-hydroxylation sites is 1. The Bertz CT molecular complexity index is 465. The minimum atomic E-state index is -0.370. The average Bonchev–Trinajstić information content (AvgIpc) is 2.66. The van der Waals surface area contributed by atoms with Gasteiger partial charge >= 0.3 is 0 Å². The summed E-state index contributed by atoms with van der Waals surface area (Å²) < 4.78 is 4.87. The number of nitrogen functional groups attached to an aromatic ring is 1. The topological polar surface area (TPSA) is 81.1 Å². The molecule has 0 unspecified atom stereocenters. The molecule has 0 atom stereocenters. The van der Waals surface area contributed by atoms with Crippen LogP contribution < -0.4 is 11.1 Å². The maximum Gasteiger partial charge on any atom is 0.293 e. The molecule has 0 fully saturated rings. The van der Waals surface area contributed by atoms with Crippen molar-refractivity contribution in [1.82, 2.24) is 4.98 Å². The van der Waals surface area contributed by atoms with Crippen LogP contribution in [0.4, 0.5) is 11.7 Å².